The highest BCUT2D eigenvalue weighted by molar-refractivity contribution is 5.85. The average molecular weight is 346 g/mol. The molecule has 3 aliphatic rings. The first-order valence-corrected chi connectivity index (χ1v) is 9.94. The molecule has 3 aliphatic carbocycles. The third-order valence-electron chi connectivity index (χ3n) is 6.81. The Kier molecular flexibility index (Phi) is 3.59. The highest BCUT2D eigenvalue weighted by Gasteiger charge is 2.60. The Hall–Kier alpha value is -2.29. The van der Waals surface area contributed by atoms with Crippen LogP contribution in [0.4, 0.5) is 5.69 Å². The fraction of sp³-hybridized carbons (Fsp3) is 0.435. The molecule has 3 atom stereocenters. The third-order valence-corrected chi connectivity index (χ3v) is 6.81. The van der Waals surface area contributed by atoms with Crippen LogP contribution in [-0.4, -0.2) is 5.91 Å². The molecule has 3 N–H and O–H groups in total. The molecule has 3 heteroatoms. The molecule has 0 heterocycles. The Morgan fingerprint density at radius 2 is 1.92 bits per heavy atom. The van der Waals surface area contributed by atoms with Crippen molar-refractivity contribution in [1.82, 2.24) is 5.32 Å². The van der Waals surface area contributed by atoms with Gasteiger partial charge in [0.15, 0.2) is 0 Å². The minimum Gasteiger partial charge on any atom is -0.399 e. The summed E-state index contributed by atoms with van der Waals surface area (Å²) in [5, 5.41) is 3.38. The second-order valence-corrected chi connectivity index (χ2v) is 8.34. The molecule has 2 aromatic rings. The van der Waals surface area contributed by atoms with E-state index in [4.69, 9.17) is 5.73 Å². The van der Waals surface area contributed by atoms with E-state index in [0.717, 1.165) is 44.2 Å². The van der Waals surface area contributed by atoms with Crippen molar-refractivity contribution in [2.45, 2.75) is 56.4 Å². The molecule has 0 saturated heterocycles. The van der Waals surface area contributed by atoms with Gasteiger partial charge in [-0.1, -0.05) is 30.3 Å². The van der Waals surface area contributed by atoms with E-state index in [1.165, 1.54) is 28.7 Å². The summed E-state index contributed by atoms with van der Waals surface area (Å²) in [6.07, 6.45) is 7.72. The van der Waals surface area contributed by atoms with Gasteiger partial charge in [-0.15, -0.1) is 0 Å². The van der Waals surface area contributed by atoms with Crippen LogP contribution in [0.2, 0.25) is 0 Å². The van der Waals surface area contributed by atoms with Crippen LogP contribution in [0.5, 0.6) is 0 Å². The minimum atomic E-state index is 0.109. The zero-order valence-corrected chi connectivity index (χ0v) is 15.1. The van der Waals surface area contributed by atoms with Crippen molar-refractivity contribution in [3.05, 3.63) is 64.7 Å². The van der Waals surface area contributed by atoms with Crippen LogP contribution in [0.25, 0.3) is 0 Å². The van der Waals surface area contributed by atoms with Crippen LogP contribution in [-0.2, 0) is 23.1 Å². The number of nitrogen functional groups attached to an aromatic ring is 1. The molecule has 0 bridgehead atoms. The quantitative estimate of drug-likeness (QED) is 0.806. The Bertz CT molecular complexity index is 874. The number of aryl methyl sites for hydroxylation is 2. The monoisotopic (exact) mass is 346 g/mol. The summed E-state index contributed by atoms with van der Waals surface area (Å²) < 4.78 is 0. The third kappa shape index (κ3) is 2.45. The summed E-state index contributed by atoms with van der Waals surface area (Å²) in [5.74, 6) is 0.388. The van der Waals surface area contributed by atoms with Gasteiger partial charge >= 0.3 is 0 Å². The van der Waals surface area contributed by atoms with Crippen LogP contribution in [0, 0.1) is 5.92 Å². The maximum Gasteiger partial charge on any atom is 0.224 e. The van der Waals surface area contributed by atoms with Crippen molar-refractivity contribution in [3.8, 4) is 0 Å². The molecule has 1 amide bonds. The Balaban J connectivity index is 1.36. The van der Waals surface area contributed by atoms with E-state index < -0.39 is 0 Å². The van der Waals surface area contributed by atoms with Gasteiger partial charge in [-0.25, -0.2) is 0 Å². The van der Waals surface area contributed by atoms with Gasteiger partial charge in [-0.05, 0) is 79.3 Å². The second-order valence-electron chi connectivity index (χ2n) is 8.34. The van der Waals surface area contributed by atoms with Crippen molar-refractivity contribution in [2.24, 2.45) is 5.92 Å². The van der Waals surface area contributed by atoms with Gasteiger partial charge in [0.1, 0.15) is 0 Å². The van der Waals surface area contributed by atoms with Gasteiger partial charge in [0.25, 0.3) is 0 Å². The predicted octanol–water partition coefficient (Wildman–Crippen LogP) is 4.06. The number of carbonyl (C=O) groups is 1. The number of amides is 1. The summed E-state index contributed by atoms with van der Waals surface area (Å²) in [4.78, 5) is 13.1. The normalized spacial score (nSPS) is 28.9. The molecule has 1 saturated carbocycles. The number of fused-ring (bicyclic) bond motifs is 3. The number of hydrogen-bond donors (Lipinski definition) is 2. The molecular formula is C23H26N2O. The lowest BCUT2D eigenvalue weighted by Crippen LogP contribution is -2.34. The van der Waals surface area contributed by atoms with Gasteiger partial charge in [0.05, 0.1) is 6.04 Å². The molecule has 5 rings (SSSR count). The topological polar surface area (TPSA) is 55.1 Å². The van der Waals surface area contributed by atoms with Crippen molar-refractivity contribution in [3.63, 3.8) is 0 Å². The number of nitrogens with one attached hydrogen (secondary N) is 1. The van der Waals surface area contributed by atoms with E-state index in [9.17, 15) is 4.79 Å². The Labute approximate surface area is 155 Å². The van der Waals surface area contributed by atoms with Crippen molar-refractivity contribution >= 4 is 11.6 Å². The van der Waals surface area contributed by atoms with Gasteiger partial charge in [-0.3, -0.25) is 4.79 Å². The number of nitrogens with two attached hydrogens (primary N) is 1. The molecular weight excluding hydrogens is 320 g/mol. The molecule has 134 valence electrons. The van der Waals surface area contributed by atoms with Crippen molar-refractivity contribution < 1.29 is 4.79 Å². The molecule has 26 heavy (non-hydrogen) atoms. The van der Waals surface area contributed by atoms with E-state index in [0.29, 0.717) is 0 Å². The second kappa shape index (κ2) is 5.87. The minimum absolute atomic E-state index is 0.109. The highest BCUT2D eigenvalue weighted by atomic mass is 16.2. The van der Waals surface area contributed by atoms with Crippen LogP contribution < -0.4 is 11.1 Å². The first kappa shape index (κ1) is 15.9. The van der Waals surface area contributed by atoms with Crippen LogP contribution >= 0.6 is 0 Å². The van der Waals surface area contributed by atoms with Gasteiger partial charge in [0, 0.05) is 17.0 Å². The summed E-state index contributed by atoms with van der Waals surface area (Å²) in [6, 6.07) is 15.0. The lowest BCUT2D eigenvalue weighted by atomic mass is 9.78. The largest absolute Gasteiger partial charge is 0.399 e. The summed E-state index contributed by atoms with van der Waals surface area (Å²) in [5.41, 5.74) is 12.3. The van der Waals surface area contributed by atoms with Crippen LogP contribution in [0.3, 0.4) is 0 Å². The SMILES string of the molecule is Nc1ccc2c(c1)CCCC2NC(=O)C1CC12CCCc1ccccc12. The molecule has 1 spiro atoms. The maximum atomic E-state index is 13.1. The number of anilines is 1. The highest BCUT2D eigenvalue weighted by Crippen LogP contribution is 2.60. The maximum absolute atomic E-state index is 13.1. The standard InChI is InChI=1S/C23H26N2O/c24-17-10-11-18-16(13-17)6-3-9-21(18)25-22(26)20-14-23(20)12-4-7-15-5-1-2-8-19(15)23/h1-2,5,8,10-11,13,20-21H,3-4,6-7,9,12,14,24H2,(H,25,26). The summed E-state index contributed by atoms with van der Waals surface area (Å²) >= 11 is 0. The lowest BCUT2D eigenvalue weighted by molar-refractivity contribution is -0.123. The van der Waals surface area contributed by atoms with E-state index in [2.05, 4.69) is 41.7 Å². The molecule has 0 aliphatic heterocycles. The molecule has 1 fully saturated rings. The van der Waals surface area contributed by atoms with Gasteiger partial charge < -0.3 is 11.1 Å². The van der Waals surface area contributed by atoms with E-state index in [1.54, 1.807) is 0 Å². The zero-order chi connectivity index (χ0) is 17.7. The first-order valence-electron chi connectivity index (χ1n) is 9.94. The smallest absolute Gasteiger partial charge is 0.224 e. The van der Waals surface area contributed by atoms with E-state index in [-0.39, 0.29) is 23.3 Å². The number of hydrogen-bond acceptors (Lipinski definition) is 2. The number of rotatable bonds is 2. The lowest BCUT2D eigenvalue weighted by Gasteiger charge is -2.29. The van der Waals surface area contributed by atoms with Gasteiger partial charge in [-0.2, -0.15) is 0 Å². The predicted molar refractivity (Wildman–Crippen MR) is 104 cm³/mol. The van der Waals surface area contributed by atoms with Gasteiger partial charge in [0.2, 0.25) is 5.91 Å². The summed E-state index contributed by atoms with van der Waals surface area (Å²) in [7, 11) is 0. The number of carbonyl (C=O) groups excluding carboxylic acids is 1. The van der Waals surface area contributed by atoms with E-state index >= 15 is 0 Å². The Morgan fingerprint density at radius 1 is 1.08 bits per heavy atom. The molecule has 0 aromatic heterocycles. The van der Waals surface area contributed by atoms with E-state index in [1.807, 2.05) is 6.07 Å². The number of benzene rings is 2. The molecule has 3 unspecified atom stereocenters. The van der Waals surface area contributed by atoms with Crippen molar-refractivity contribution in [1.29, 1.82) is 0 Å². The van der Waals surface area contributed by atoms with Crippen LogP contribution in [0.15, 0.2) is 42.5 Å². The molecule has 3 nitrogen and oxygen atoms in total. The Morgan fingerprint density at radius 3 is 2.85 bits per heavy atom. The molecule has 0 radical (unpaired) electrons. The average Bonchev–Trinajstić information content (AvgIpc) is 3.37. The zero-order valence-electron chi connectivity index (χ0n) is 15.1. The summed E-state index contributed by atoms with van der Waals surface area (Å²) in [6.45, 7) is 0. The van der Waals surface area contributed by atoms with Crippen LogP contribution in [0.1, 0.15) is 60.4 Å². The fourth-order valence-electron chi connectivity index (χ4n) is 5.43. The fourth-order valence-corrected chi connectivity index (χ4v) is 5.43. The molecule has 2 aromatic carbocycles. The van der Waals surface area contributed by atoms with Crippen molar-refractivity contribution in [2.75, 3.05) is 5.73 Å². The first-order chi connectivity index (χ1) is 12.7.